The predicted octanol–water partition coefficient (Wildman–Crippen LogP) is 4.27. The summed E-state index contributed by atoms with van der Waals surface area (Å²) in [6.45, 7) is 0. The molecule has 0 radical (unpaired) electrons. The van der Waals surface area contributed by atoms with Crippen molar-refractivity contribution >= 4 is 35.1 Å². The van der Waals surface area contributed by atoms with E-state index >= 15 is 0 Å². The Hall–Kier alpha value is -0.480. The second kappa shape index (κ2) is 12.3. The van der Waals surface area contributed by atoms with Crippen molar-refractivity contribution in [2.24, 2.45) is 0 Å². The van der Waals surface area contributed by atoms with E-state index in [2.05, 4.69) is 0 Å². The van der Waals surface area contributed by atoms with Crippen molar-refractivity contribution < 1.29 is 19.8 Å². The molecule has 2 unspecified atom stereocenters. The maximum Gasteiger partial charge on any atom is 0.304 e. The first-order valence-corrected chi connectivity index (χ1v) is 8.00. The van der Waals surface area contributed by atoms with Gasteiger partial charge in [0.1, 0.15) is 0 Å². The van der Waals surface area contributed by atoms with Crippen LogP contribution >= 0.6 is 23.2 Å². The van der Waals surface area contributed by atoms with Crippen LogP contribution in [0, 0.1) is 0 Å². The number of aliphatic carboxylic acids is 2. The zero-order valence-corrected chi connectivity index (χ0v) is 13.2. The topological polar surface area (TPSA) is 74.6 Å². The standard InChI is InChI=1S/C14H24Cl2O4/c15-11(9-13(17)18)7-5-3-1-2-4-6-8-12(16)10-14(19)20/h11-12H,1-10H2,(H,17,18)(H,19,20). The lowest BCUT2D eigenvalue weighted by molar-refractivity contribution is -0.138. The first-order valence-electron chi connectivity index (χ1n) is 7.13. The van der Waals surface area contributed by atoms with E-state index in [0.717, 1.165) is 51.4 Å². The van der Waals surface area contributed by atoms with Gasteiger partial charge in [0, 0.05) is 10.8 Å². The number of carboxylic acid groups (broad SMARTS) is 2. The van der Waals surface area contributed by atoms with E-state index in [-0.39, 0.29) is 23.6 Å². The molecule has 0 aromatic carbocycles. The molecule has 20 heavy (non-hydrogen) atoms. The van der Waals surface area contributed by atoms with Crippen LogP contribution in [0.15, 0.2) is 0 Å². The van der Waals surface area contributed by atoms with E-state index in [1.165, 1.54) is 0 Å². The largest absolute Gasteiger partial charge is 0.481 e. The first kappa shape index (κ1) is 19.5. The van der Waals surface area contributed by atoms with Gasteiger partial charge in [-0.3, -0.25) is 9.59 Å². The Morgan fingerprint density at radius 2 is 1.00 bits per heavy atom. The quantitative estimate of drug-likeness (QED) is 0.391. The maximum absolute atomic E-state index is 10.4. The van der Waals surface area contributed by atoms with Crippen LogP contribution in [0.25, 0.3) is 0 Å². The van der Waals surface area contributed by atoms with Crippen LogP contribution in [0.3, 0.4) is 0 Å². The Morgan fingerprint density at radius 3 is 1.30 bits per heavy atom. The molecule has 4 nitrogen and oxygen atoms in total. The normalized spacial score (nSPS) is 13.9. The average Bonchev–Trinajstić information content (AvgIpc) is 2.30. The van der Waals surface area contributed by atoms with Gasteiger partial charge in [-0.1, -0.05) is 38.5 Å². The third-order valence-corrected chi connectivity index (χ3v) is 3.82. The fourth-order valence-electron chi connectivity index (χ4n) is 2.02. The molecule has 118 valence electrons. The van der Waals surface area contributed by atoms with E-state index in [0.29, 0.717) is 0 Å². The SMILES string of the molecule is O=C(O)CC(Cl)CCCCCCCCC(Cl)CC(=O)O. The molecule has 0 aliphatic rings. The number of hydrogen-bond acceptors (Lipinski definition) is 2. The molecule has 0 amide bonds. The lowest BCUT2D eigenvalue weighted by atomic mass is 10.0. The number of alkyl halides is 2. The Morgan fingerprint density at radius 1 is 0.700 bits per heavy atom. The number of unbranched alkanes of at least 4 members (excludes halogenated alkanes) is 5. The first-order chi connectivity index (χ1) is 9.41. The molecular weight excluding hydrogens is 303 g/mol. The lowest BCUT2D eigenvalue weighted by Gasteiger charge is -2.07. The molecule has 0 fully saturated rings. The minimum atomic E-state index is -0.845. The Bertz CT molecular complexity index is 256. The highest BCUT2D eigenvalue weighted by molar-refractivity contribution is 6.21. The van der Waals surface area contributed by atoms with Gasteiger partial charge in [-0.05, 0) is 12.8 Å². The Labute approximate surface area is 130 Å². The number of rotatable bonds is 13. The van der Waals surface area contributed by atoms with Crippen molar-refractivity contribution in [3.05, 3.63) is 0 Å². The third kappa shape index (κ3) is 13.9. The van der Waals surface area contributed by atoms with Crippen LogP contribution in [-0.2, 0) is 9.59 Å². The summed E-state index contributed by atoms with van der Waals surface area (Å²) in [6, 6.07) is 0. The molecule has 0 heterocycles. The summed E-state index contributed by atoms with van der Waals surface area (Å²) in [6.07, 6.45) is 7.78. The van der Waals surface area contributed by atoms with Crippen LogP contribution < -0.4 is 0 Å². The number of carboxylic acids is 2. The Balaban J connectivity index is 3.28. The molecule has 0 bridgehead atoms. The van der Waals surface area contributed by atoms with Gasteiger partial charge in [-0.25, -0.2) is 0 Å². The molecule has 0 spiro atoms. The molecule has 0 aromatic heterocycles. The predicted molar refractivity (Wildman–Crippen MR) is 80.7 cm³/mol. The summed E-state index contributed by atoms with van der Waals surface area (Å²) in [5.41, 5.74) is 0. The van der Waals surface area contributed by atoms with Crippen LogP contribution in [0.2, 0.25) is 0 Å². The highest BCUT2D eigenvalue weighted by atomic mass is 35.5. The number of halogens is 2. The smallest absolute Gasteiger partial charge is 0.304 e. The molecule has 2 N–H and O–H groups in total. The lowest BCUT2D eigenvalue weighted by Crippen LogP contribution is -2.07. The van der Waals surface area contributed by atoms with Crippen LogP contribution in [-0.4, -0.2) is 32.9 Å². The summed E-state index contributed by atoms with van der Waals surface area (Å²) in [5.74, 6) is -1.69. The molecule has 0 aromatic rings. The van der Waals surface area contributed by atoms with Crippen molar-refractivity contribution in [3.8, 4) is 0 Å². The molecule has 0 saturated heterocycles. The zero-order chi connectivity index (χ0) is 15.4. The Kier molecular flexibility index (Phi) is 12.0. The molecule has 0 saturated carbocycles. The van der Waals surface area contributed by atoms with Crippen molar-refractivity contribution in [2.45, 2.75) is 75.0 Å². The van der Waals surface area contributed by atoms with Crippen molar-refractivity contribution in [1.29, 1.82) is 0 Å². The van der Waals surface area contributed by atoms with Crippen molar-refractivity contribution in [3.63, 3.8) is 0 Å². The molecular formula is C14H24Cl2O4. The summed E-state index contributed by atoms with van der Waals surface area (Å²) in [5, 5.41) is 16.6. The van der Waals surface area contributed by atoms with Crippen LogP contribution in [0.5, 0.6) is 0 Å². The monoisotopic (exact) mass is 326 g/mol. The van der Waals surface area contributed by atoms with Gasteiger partial charge in [-0.2, -0.15) is 0 Å². The van der Waals surface area contributed by atoms with E-state index in [1.807, 2.05) is 0 Å². The molecule has 0 rings (SSSR count). The fourth-order valence-corrected chi connectivity index (χ4v) is 2.59. The van der Waals surface area contributed by atoms with Gasteiger partial charge in [0.25, 0.3) is 0 Å². The second-order valence-corrected chi connectivity index (χ2v) is 6.32. The third-order valence-electron chi connectivity index (χ3n) is 3.08. The van der Waals surface area contributed by atoms with Crippen LogP contribution in [0.4, 0.5) is 0 Å². The van der Waals surface area contributed by atoms with E-state index in [9.17, 15) is 9.59 Å². The van der Waals surface area contributed by atoms with Crippen molar-refractivity contribution in [1.82, 2.24) is 0 Å². The second-order valence-electron chi connectivity index (χ2n) is 5.09. The summed E-state index contributed by atoms with van der Waals surface area (Å²) < 4.78 is 0. The summed E-state index contributed by atoms with van der Waals surface area (Å²) >= 11 is 11.7. The van der Waals surface area contributed by atoms with Gasteiger partial charge in [0.05, 0.1) is 12.8 Å². The van der Waals surface area contributed by atoms with Gasteiger partial charge >= 0.3 is 11.9 Å². The minimum absolute atomic E-state index is 0.0300. The maximum atomic E-state index is 10.4. The van der Waals surface area contributed by atoms with E-state index in [4.69, 9.17) is 33.4 Å². The molecule has 0 aliphatic heterocycles. The van der Waals surface area contributed by atoms with Gasteiger partial charge in [0.2, 0.25) is 0 Å². The molecule has 6 heteroatoms. The molecule has 0 aliphatic carbocycles. The number of carbonyl (C=O) groups is 2. The van der Waals surface area contributed by atoms with Gasteiger partial charge in [-0.15, -0.1) is 23.2 Å². The van der Waals surface area contributed by atoms with Gasteiger partial charge < -0.3 is 10.2 Å². The minimum Gasteiger partial charge on any atom is -0.481 e. The van der Waals surface area contributed by atoms with E-state index < -0.39 is 11.9 Å². The highest BCUT2D eigenvalue weighted by Gasteiger charge is 2.10. The number of hydrogen-bond donors (Lipinski definition) is 2. The van der Waals surface area contributed by atoms with E-state index in [1.54, 1.807) is 0 Å². The van der Waals surface area contributed by atoms with Crippen LogP contribution in [0.1, 0.15) is 64.2 Å². The fraction of sp³-hybridized carbons (Fsp3) is 0.857. The summed E-state index contributed by atoms with van der Waals surface area (Å²) in [4.78, 5) is 20.8. The highest BCUT2D eigenvalue weighted by Crippen LogP contribution is 2.16. The average molecular weight is 327 g/mol. The summed E-state index contributed by atoms with van der Waals surface area (Å²) in [7, 11) is 0. The molecule has 2 atom stereocenters. The zero-order valence-electron chi connectivity index (χ0n) is 11.7. The van der Waals surface area contributed by atoms with Gasteiger partial charge in [0.15, 0.2) is 0 Å². The van der Waals surface area contributed by atoms with Crippen molar-refractivity contribution in [2.75, 3.05) is 0 Å².